The van der Waals surface area contributed by atoms with E-state index in [-0.39, 0.29) is 24.0 Å². The van der Waals surface area contributed by atoms with Crippen molar-refractivity contribution in [2.75, 3.05) is 12.4 Å². The molecule has 0 spiro atoms. The van der Waals surface area contributed by atoms with Crippen LogP contribution in [0.3, 0.4) is 0 Å². The Morgan fingerprint density at radius 1 is 0.800 bits per heavy atom. The first-order chi connectivity index (χ1) is 14.2. The molecule has 0 unspecified atom stereocenters. The summed E-state index contributed by atoms with van der Waals surface area (Å²) in [4.78, 5) is 4.43. The van der Waals surface area contributed by atoms with Gasteiger partial charge in [0.1, 0.15) is 0 Å². The third-order valence-electron chi connectivity index (χ3n) is 4.42. The second-order valence-corrected chi connectivity index (χ2v) is 6.71. The van der Waals surface area contributed by atoms with Crippen molar-refractivity contribution in [3.05, 3.63) is 101 Å². The molecule has 3 aromatic rings. The smallest absolute Gasteiger partial charge is 0.193 e. The van der Waals surface area contributed by atoms with E-state index in [1.54, 1.807) is 7.11 Å². The van der Waals surface area contributed by atoms with Gasteiger partial charge in [0.05, 0.1) is 26.4 Å². The summed E-state index contributed by atoms with van der Waals surface area (Å²) in [6.07, 6.45) is 0. The van der Waals surface area contributed by atoms with Crippen LogP contribution in [0.1, 0.15) is 22.3 Å². The quantitative estimate of drug-likeness (QED) is 0.236. The number of hydrogen-bond donors (Lipinski definition) is 2. The number of halogens is 1. The van der Waals surface area contributed by atoms with Gasteiger partial charge in [0, 0.05) is 18.4 Å². The molecule has 6 heteroatoms. The average molecular weight is 517 g/mol. The molecule has 0 aliphatic heterocycles. The molecule has 3 N–H and O–H groups in total. The van der Waals surface area contributed by atoms with Crippen LogP contribution in [0, 0.1) is 0 Å². The van der Waals surface area contributed by atoms with Gasteiger partial charge < -0.3 is 20.5 Å². The molecule has 0 aliphatic rings. The van der Waals surface area contributed by atoms with E-state index >= 15 is 0 Å². The van der Waals surface area contributed by atoms with Gasteiger partial charge in [-0.2, -0.15) is 0 Å². The highest BCUT2D eigenvalue weighted by atomic mass is 127. The summed E-state index contributed by atoms with van der Waals surface area (Å²) >= 11 is 0. The normalized spacial score (nSPS) is 11.0. The van der Waals surface area contributed by atoms with Crippen LogP contribution in [0.2, 0.25) is 0 Å². The summed E-state index contributed by atoms with van der Waals surface area (Å²) in [5, 5.41) is 3.15. The van der Waals surface area contributed by atoms with Crippen LogP contribution < -0.4 is 11.1 Å². The molecule has 0 heterocycles. The van der Waals surface area contributed by atoms with E-state index in [1.165, 1.54) is 5.56 Å². The predicted molar refractivity (Wildman–Crippen MR) is 133 cm³/mol. The topological polar surface area (TPSA) is 68.9 Å². The molecular formula is C24H28IN3O2. The molecule has 0 saturated heterocycles. The SMILES string of the molecule is COCc1ccccc1NC(N)=NCc1ccc(COCc2ccccc2)cc1.I. The van der Waals surface area contributed by atoms with Crippen LogP contribution in [-0.2, 0) is 35.8 Å². The van der Waals surface area contributed by atoms with Crippen LogP contribution >= 0.6 is 24.0 Å². The lowest BCUT2D eigenvalue weighted by atomic mass is 10.1. The van der Waals surface area contributed by atoms with E-state index in [0.717, 1.165) is 22.4 Å². The van der Waals surface area contributed by atoms with Gasteiger partial charge in [-0.25, -0.2) is 4.99 Å². The summed E-state index contributed by atoms with van der Waals surface area (Å²) in [6, 6.07) is 26.3. The fourth-order valence-corrected chi connectivity index (χ4v) is 2.88. The Morgan fingerprint density at radius 3 is 2.10 bits per heavy atom. The van der Waals surface area contributed by atoms with Crippen molar-refractivity contribution in [1.29, 1.82) is 0 Å². The van der Waals surface area contributed by atoms with Gasteiger partial charge in [-0.3, -0.25) is 0 Å². The number of nitrogens with zero attached hydrogens (tertiary/aromatic N) is 1. The van der Waals surface area contributed by atoms with E-state index < -0.39 is 0 Å². The van der Waals surface area contributed by atoms with Crippen molar-refractivity contribution in [3.63, 3.8) is 0 Å². The molecule has 0 saturated carbocycles. The Kier molecular flexibility index (Phi) is 10.3. The minimum atomic E-state index is 0. The number of aliphatic imine (C=N–C) groups is 1. The van der Waals surface area contributed by atoms with Crippen molar-refractivity contribution in [1.82, 2.24) is 0 Å². The fourth-order valence-electron chi connectivity index (χ4n) is 2.88. The number of methoxy groups -OCH3 is 1. The van der Waals surface area contributed by atoms with Crippen molar-refractivity contribution < 1.29 is 9.47 Å². The van der Waals surface area contributed by atoms with E-state index in [4.69, 9.17) is 15.2 Å². The number of nitrogens with two attached hydrogens (primary N) is 1. The molecule has 0 atom stereocenters. The maximum atomic E-state index is 6.05. The van der Waals surface area contributed by atoms with Gasteiger partial charge in [0.15, 0.2) is 5.96 Å². The fraction of sp³-hybridized carbons (Fsp3) is 0.208. The second kappa shape index (κ2) is 13.0. The van der Waals surface area contributed by atoms with Crippen molar-refractivity contribution in [3.8, 4) is 0 Å². The Labute approximate surface area is 195 Å². The number of nitrogens with one attached hydrogen (secondary N) is 1. The summed E-state index contributed by atoms with van der Waals surface area (Å²) < 4.78 is 11.0. The van der Waals surface area contributed by atoms with Gasteiger partial charge in [-0.15, -0.1) is 24.0 Å². The summed E-state index contributed by atoms with van der Waals surface area (Å²) in [7, 11) is 1.67. The molecule has 158 valence electrons. The third-order valence-corrected chi connectivity index (χ3v) is 4.42. The predicted octanol–water partition coefficient (Wildman–Crippen LogP) is 5.09. The number of guanidine groups is 1. The number of para-hydroxylation sites is 1. The van der Waals surface area contributed by atoms with E-state index in [0.29, 0.717) is 32.3 Å². The first-order valence-electron chi connectivity index (χ1n) is 9.58. The lowest BCUT2D eigenvalue weighted by Gasteiger charge is -2.11. The Hall–Kier alpha value is -2.42. The van der Waals surface area contributed by atoms with Gasteiger partial charge in [-0.05, 0) is 22.8 Å². The highest BCUT2D eigenvalue weighted by Gasteiger charge is 2.03. The molecule has 0 radical (unpaired) electrons. The van der Waals surface area contributed by atoms with Crippen molar-refractivity contribution in [2.45, 2.75) is 26.4 Å². The molecule has 0 amide bonds. The lowest BCUT2D eigenvalue weighted by molar-refractivity contribution is 0.107. The Balaban J connectivity index is 0.00000320. The van der Waals surface area contributed by atoms with Crippen molar-refractivity contribution in [2.24, 2.45) is 10.7 Å². The van der Waals surface area contributed by atoms with Crippen molar-refractivity contribution >= 4 is 35.6 Å². The minimum absolute atomic E-state index is 0. The van der Waals surface area contributed by atoms with Gasteiger partial charge in [-0.1, -0.05) is 72.8 Å². The zero-order chi connectivity index (χ0) is 20.3. The first kappa shape index (κ1) is 23.9. The van der Waals surface area contributed by atoms with Crippen LogP contribution in [0.25, 0.3) is 0 Å². The highest BCUT2D eigenvalue weighted by Crippen LogP contribution is 2.15. The highest BCUT2D eigenvalue weighted by molar-refractivity contribution is 14.0. The van der Waals surface area contributed by atoms with E-state index in [9.17, 15) is 0 Å². The van der Waals surface area contributed by atoms with Crippen LogP contribution in [0.5, 0.6) is 0 Å². The number of ether oxygens (including phenoxy) is 2. The summed E-state index contributed by atoms with van der Waals surface area (Å²) in [6.45, 7) is 2.22. The number of hydrogen-bond acceptors (Lipinski definition) is 3. The van der Waals surface area contributed by atoms with Gasteiger partial charge >= 0.3 is 0 Å². The zero-order valence-corrected chi connectivity index (χ0v) is 19.4. The van der Waals surface area contributed by atoms with Crippen LogP contribution in [0.15, 0.2) is 83.9 Å². The lowest BCUT2D eigenvalue weighted by Crippen LogP contribution is -2.23. The van der Waals surface area contributed by atoms with Gasteiger partial charge in [0.25, 0.3) is 0 Å². The molecule has 0 fully saturated rings. The Bertz CT molecular complexity index is 915. The largest absolute Gasteiger partial charge is 0.380 e. The first-order valence-corrected chi connectivity index (χ1v) is 9.58. The van der Waals surface area contributed by atoms with Gasteiger partial charge in [0.2, 0.25) is 0 Å². The molecule has 0 aromatic heterocycles. The van der Waals surface area contributed by atoms with Crippen LogP contribution in [-0.4, -0.2) is 13.1 Å². The standard InChI is InChI=1S/C24H27N3O2.HI/c1-28-18-22-9-5-6-10-23(22)27-24(25)26-15-19-11-13-21(14-12-19)17-29-16-20-7-3-2-4-8-20;/h2-14H,15-18H2,1H3,(H3,25,26,27);1H. The van der Waals surface area contributed by atoms with E-state index in [2.05, 4.69) is 46.7 Å². The molecule has 3 aromatic carbocycles. The summed E-state index contributed by atoms with van der Waals surface area (Å²) in [5.41, 5.74) is 11.4. The third kappa shape index (κ3) is 7.78. The molecule has 5 nitrogen and oxygen atoms in total. The second-order valence-electron chi connectivity index (χ2n) is 6.71. The minimum Gasteiger partial charge on any atom is -0.380 e. The molecule has 3 rings (SSSR count). The number of anilines is 1. The molecule has 0 bridgehead atoms. The molecular weight excluding hydrogens is 489 g/mol. The molecule has 30 heavy (non-hydrogen) atoms. The summed E-state index contributed by atoms with van der Waals surface area (Å²) in [5.74, 6) is 0.379. The van der Waals surface area contributed by atoms with E-state index in [1.807, 2.05) is 42.5 Å². The average Bonchev–Trinajstić information content (AvgIpc) is 2.75. The van der Waals surface area contributed by atoms with Crippen LogP contribution in [0.4, 0.5) is 5.69 Å². The molecule has 0 aliphatic carbocycles. The number of rotatable bonds is 9. The maximum absolute atomic E-state index is 6.05. The zero-order valence-electron chi connectivity index (χ0n) is 17.1. The number of benzene rings is 3. The maximum Gasteiger partial charge on any atom is 0.193 e. The Morgan fingerprint density at radius 2 is 1.40 bits per heavy atom. The monoisotopic (exact) mass is 517 g/mol.